The molecule has 1 aromatic heterocycles. The molecule has 3 aliphatic carbocycles. The molecule has 256 valence electrons. The molecule has 2 N–H and O–H groups in total. The number of cyclic esters (lactones) is 1. The Bertz CT molecular complexity index is 1520. The van der Waals surface area contributed by atoms with Crippen LogP contribution in [0.15, 0.2) is 35.2 Å². The van der Waals surface area contributed by atoms with Crippen molar-refractivity contribution in [3.63, 3.8) is 0 Å². The van der Waals surface area contributed by atoms with Gasteiger partial charge in [0.2, 0.25) is 0 Å². The van der Waals surface area contributed by atoms with Gasteiger partial charge in [0.05, 0.1) is 17.9 Å². The molecule has 0 amide bonds. The lowest BCUT2D eigenvalue weighted by molar-refractivity contribution is -0.259. The van der Waals surface area contributed by atoms with Crippen molar-refractivity contribution in [3.8, 4) is 0 Å². The zero-order valence-electron chi connectivity index (χ0n) is 27.3. The third kappa shape index (κ3) is 4.34. The molecular formula is C34H42O13. The van der Waals surface area contributed by atoms with Gasteiger partial charge in [0.15, 0.2) is 17.2 Å². The van der Waals surface area contributed by atoms with Crippen molar-refractivity contribution in [1.29, 1.82) is 0 Å². The lowest BCUT2D eigenvalue weighted by Gasteiger charge is -2.63. The fourth-order valence-corrected chi connectivity index (χ4v) is 10.1. The second-order valence-electron chi connectivity index (χ2n) is 14.9. The summed E-state index contributed by atoms with van der Waals surface area (Å²) in [6.07, 6.45) is -1.78. The van der Waals surface area contributed by atoms with Crippen molar-refractivity contribution >= 4 is 30.2 Å². The predicted molar refractivity (Wildman–Crippen MR) is 158 cm³/mol. The molecule has 0 aromatic carbocycles. The molecule has 6 rings (SSSR count). The summed E-state index contributed by atoms with van der Waals surface area (Å²) in [7, 11) is 0. The number of Topliss-reactive ketones (excluding diaryl/α,β-unsaturated/α-hetero) is 1. The van der Waals surface area contributed by atoms with E-state index in [-0.39, 0.29) is 43.8 Å². The SMILES string of the molecule is C=C1C(C2(C)C(OC(C)=O)CC3(O)OC4(C)COC(=O)C3C42)C(OC=O)C(OC(=O)CC(C)C)C2(C)C(c3ccoc3)CC(=O)C12O. The number of carbonyl (C=O) groups is 5. The number of ketones is 1. The van der Waals surface area contributed by atoms with Crippen LogP contribution in [-0.4, -0.2) is 82.3 Å². The van der Waals surface area contributed by atoms with E-state index in [9.17, 15) is 34.2 Å². The van der Waals surface area contributed by atoms with Gasteiger partial charge in [0.1, 0.15) is 36.4 Å². The summed E-state index contributed by atoms with van der Waals surface area (Å²) in [6.45, 7) is 14.0. The average Bonchev–Trinajstić information content (AvgIpc) is 3.60. The maximum absolute atomic E-state index is 14.2. The van der Waals surface area contributed by atoms with Gasteiger partial charge in [-0.15, -0.1) is 0 Å². The molecule has 13 nitrogen and oxygen atoms in total. The molecule has 1 aromatic rings. The average molecular weight is 659 g/mol. The van der Waals surface area contributed by atoms with Gasteiger partial charge in [-0.3, -0.25) is 24.0 Å². The maximum atomic E-state index is 14.2. The summed E-state index contributed by atoms with van der Waals surface area (Å²) in [5, 5.41) is 24.6. The number of furan rings is 1. The zero-order valence-corrected chi connectivity index (χ0v) is 27.3. The zero-order chi connectivity index (χ0) is 34.5. The first-order valence-corrected chi connectivity index (χ1v) is 15.9. The van der Waals surface area contributed by atoms with Crippen LogP contribution < -0.4 is 0 Å². The van der Waals surface area contributed by atoms with Crippen LogP contribution >= 0.6 is 0 Å². The molecule has 5 fully saturated rings. The molecule has 5 aliphatic rings. The van der Waals surface area contributed by atoms with Gasteiger partial charge >= 0.3 is 17.9 Å². The van der Waals surface area contributed by atoms with E-state index in [1.165, 1.54) is 19.5 Å². The minimum Gasteiger partial charge on any atom is -0.472 e. The summed E-state index contributed by atoms with van der Waals surface area (Å²) < 4.78 is 34.9. The monoisotopic (exact) mass is 658 g/mol. The number of hydrogen-bond donors (Lipinski definition) is 2. The van der Waals surface area contributed by atoms with Crippen molar-refractivity contribution in [3.05, 3.63) is 36.3 Å². The first-order chi connectivity index (χ1) is 21.9. The van der Waals surface area contributed by atoms with Crippen molar-refractivity contribution in [1.82, 2.24) is 0 Å². The van der Waals surface area contributed by atoms with E-state index in [4.69, 9.17) is 28.1 Å². The number of rotatable bonds is 8. The maximum Gasteiger partial charge on any atom is 0.314 e. The lowest BCUT2D eigenvalue weighted by atomic mass is 9.44. The number of esters is 3. The molecule has 12 unspecified atom stereocenters. The van der Waals surface area contributed by atoms with Gasteiger partial charge in [-0.2, -0.15) is 0 Å². The Morgan fingerprint density at radius 2 is 1.85 bits per heavy atom. The van der Waals surface area contributed by atoms with E-state index < -0.39 is 93.5 Å². The molecule has 3 saturated carbocycles. The lowest BCUT2D eigenvalue weighted by Crippen LogP contribution is -2.73. The fraction of sp³-hybridized carbons (Fsp3) is 0.676. The largest absolute Gasteiger partial charge is 0.472 e. The highest BCUT2D eigenvalue weighted by molar-refractivity contribution is 5.96. The molecule has 2 saturated heterocycles. The summed E-state index contributed by atoms with van der Waals surface area (Å²) in [5.74, 6) is -9.19. The quantitative estimate of drug-likeness (QED) is 0.180. The Hall–Kier alpha value is -3.55. The third-order valence-corrected chi connectivity index (χ3v) is 11.8. The molecule has 2 aliphatic heterocycles. The molecule has 47 heavy (non-hydrogen) atoms. The number of hydrogen-bond acceptors (Lipinski definition) is 13. The Kier molecular flexibility index (Phi) is 7.61. The highest BCUT2D eigenvalue weighted by atomic mass is 16.7. The highest BCUT2D eigenvalue weighted by Crippen LogP contribution is 2.72. The van der Waals surface area contributed by atoms with Crippen LogP contribution in [0.4, 0.5) is 0 Å². The van der Waals surface area contributed by atoms with Crippen molar-refractivity contribution in [2.45, 2.75) is 102 Å². The number of aliphatic hydroxyl groups is 2. The minimum absolute atomic E-state index is 0.0163. The summed E-state index contributed by atoms with van der Waals surface area (Å²) in [4.78, 5) is 66.1. The van der Waals surface area contributed by atoms with E-state index in [0.717, 1.165) is 0 Å². The number of carbonyl (C=O) groups excluding carboxylic acids is 5. The van der Waals surface area contributed by atoms with Crippen molar-refractivity contribution < 1.29 is 62.3 Å². The van der Waals surface area contributed by atoms with Crippen LogP contribution in [0, 0.1) is 34.5 Å². The van der Waals surface area contributed by atoms with E-state index in [1.807, 2.05) is 13.8 Å². The summed E-state index contributed by atoms with van der Waals surface area (Å²) in [5.41, 5.74) is -6.36. The van der Waals surface area contributed by atoms with Crippen LogP contribution in [0.2, 0.25) is 0 Å². The van der Waals surface area contributed by atoms with Crippen molar-refractivity contribution in [2.24, 2.45) is 34.5 Å². The molecule has 0 spiro atoms. The molecule has 0 radical (unpaired) electrons. The van der Waals surface area contributed by atoms with E-state index in [0.29, 0.717) is 5.56 Å². The smallest absolute Gasteiger partial charge is 0.314 e. The normalized spacial score (nSPS) is 45.3. The van der Waals surface area contributed by atoms with Gasteiger partial charge in [0.25, 0.3) is 6.47 Å². The number of ether oxygens (including phenoxy) is 5. The van der Waals surface area contributed by atoms with E-state index >= 15 is 0 Å². The van der Waals surface area contributed by atoms with Gasteiger partial charge in [-0.25, -0.2) is 0 Å². The first kappa shape index (κ1) is 33.4. The molecule has 12 atom stereocenters. The van der Waals surface area contributed by atoms with Crippen LogP contribution in [0.1, 0.15) is 72.3 Å². The van der Waals surface area contributed by atoms with Gasteiger partial charge in [-0.05, 0) is 30.0 Å². The molecular weight excluding hydrogens is 616 g/mol. The van der Waals surface area contributed by atoms with E-state index in [1.54, 1.807) is 26.8 Å². The van der Waals surface area contributed by atoms with Crippen molar-refractivity contribution in [2.75, 3.05) is 6.61 Å². The molecule has 13 heteroatoms. The van der Waals surface area contributed by atoms with E-state index in [2.05, 4.69) is 6.58 Å². The van der Waals surface area contributed by atoms with Crippen LogP contribution in [-0.2, 0) is 47.7 Å². The summed E-state index contributed by atoms with van der Waals surface area (Å²) in [6, 6.07) is 1.65. The van der Waals surface area contributed by atoms with Gasteiger partial charge < -0.3 is 38.3 Å². The van der Waals surface area contributed by atoms with Gasteiger partial charge in [-0.1, -0.05) is 34.3 Å². The Balaban J connectivity index is 1.61. The fourth-order valence-electron chi connectivity index (χ4n) is 10.1. The highest BCUT2D eigenvalue weighted by Gasteiger charge is 2.82. The molecule has 4 bridgehead atoms. The standard InChI is InChI=1S/C34H42O13/c1-16(2)10-23(38)46-28-26(44-15-35)24(17(3)34(41)21(37)11-20(32(28,34)7)19-8-9-42-13-19)31(6)22(45-18(4)36)12-33(40)25-27(31)30(5,47-33)14-43-29(25)39/h8-9,13,15-16,20,22,24-28,40-41H,3,10-12,14H2,1-2,4-7H3. The second kappa shape index (κ2) is 10.7. The number of fused-ring (bicyclic) bond motifs is 1. The van der Waals surface area contributed by atoms with Crippen LogP contribution in [0.5, 0.6) is 0 Å². The van der Waals surface area contributed by atoms with Gasteiger partial charge in [0, 0.05) is 49.4 Å². The van der Waals surface area contributed by atoms with Crippen LogP contribution in [0.3, 0.4) is 0 Å². The Morgan fingerprint density at radius 3 is 2.45 bits per heavy atom. The Labute approximate surface area is 271 Å². The molecule has 3 heterocycles. The predicted octanol–water partition coefficient (Wildman–Crippen LogP) is 2.37. The first-order valence-electron chi connectivity index (χ1n) is 15.9. The second-order valence-corrected chi connectivity index (χ2v) is 14.9. The topological polar surface area (TPSA) is 185 Å². The summed E-state index contributed by atoms with van der Waals surface area (Å²) >= 11 is 0. The minimum atomic E-state index is -2.36. The Morgan fingerprint density at radius 1 is 1.15 bits per heavy atom. The van der Waals surface area contributed by atoms with Crippen LogP contribution in [0.25, 0.3) is 0 Å². The third-order valence-electron chi connectivity index (χ3n) is 11.8.